The molecule has 0 aliphatic heterocycles. The minimum Gasteiger partial charge on any atom is -0.457 e. The highest BCUT2D eigenvalue weighted by Crippen LogP contribution is 2.11. The minimum atomic E-state index is -2.61. The molecule has 0 fully saturated rings. The van der Waals surface area contributed by atoms with Gasteiger partial charge in [-0.05, 0) is 11.6 Å². The molecule has 0 spiro atoms. The maximum absolute atomic E-state index is 12.0. The van der Waals surface area contributed by atoms with Crippen LogP contribution in [0.2, 0.25) is 5.28 Å². The van der Waals surface area contributed by atoms with E-state index >= 15 is 0 Å². The molecule has 0 saturated heterocycles. The van der Waals surface area contributed by atoms with E-state index < -0.39 is 13.0 Å². The number of hydrogen-bond donors (Lipinski definition) is 0. The van der Waals surface area contributed by atoms with Crippen molar-refractivity contribution < 1.29 is 13.5 Å². The predicted molar refractivity (Wildman–Crippen MR) is 53.5 cm³/mol. The van der Waals surface area contributed by atoms with Gasteiger partial charge in [-0.2, -0.15) is 15.0 Å². The van der Waals surface area contributed by atoms with E-state index in [2.05, 4.69) is 24.7 Å². The summed E-state index contributed by atoms with van der Waals surface area (Å²) in [5.41, 5.74) is 0. The largest absolute Gasteiger partial charge is 0.457 e. The smallest absolute Gasteiger partial charge is 0.322 e. The highest BCUT2D eigenvalue weighted by atomic mass is 35.5. The SMILES string of the molecule is FC(F)COc1nc(Cl)nc(-n2ccnc2)n1. The molecule has 0 aliphatic carbocycles. The van der Waals surface area contributed by atoms with Crippen molar-refractivity contribution in [2.45, 2.75) is 6.43 Å². The number of rotatable bonds is 4. The van der Waals surface area contributed by atoms with E-state index in [4.69, 9.17) is 11.6 Å². The van der Waals surface area contributed by atoms with E-state index in [0.717, 1.165) is 0 Å². The van der Waals surface area contributed by atoms with Gasteiger partial charge in [0, 0.05) is 12.4 Å². The standard InChI is InChI=1S/C8H6ClF2N5O/c9-6-13-7(16-2-1-12-4-16)15-8(14-6)17-3-5(10)11/h1-2,4-5H,3H2. The fourth-order valence-corrected chi connectivity index (χ4v) is 1.16. The third kappa shape index (κ3) is 3.06. The molecule has 2 rings (SSSR count). The van der Waals surface area contributed by atoms with Crippen LogP contribution in [0.15, 0.2) is 18.7 Å². The zero-order valence-corrected chi connectivity index (χ0v) is 9.05. The van der Waals surface area contributed by atoms with Gasteiger partial charge in [-0.25, -0.2) is 13.8 Å². The summed E-state index contributed by atoms with van der Waals surface area (Å²) in [6, 6.07) is -0.256. The molecule has 2 heterocycles. The second kappa shape index (κ2) is 5.00. The number of aromatic nitrogens is 5. The predicted octanol–water partition coefficient (Wildman–Crippen LogP) is 1.35. The van der Waals surface area contributed by atoms with Gasteiger partial charge in [0.25, 0.3) is 6.43 Å². The first-order valence-electron chi connectivity index (χ1n) is 4.46. The fourth-order valence-electron chi connectivity index (χ4n) is 1.02. The first-order chi connectivity index (χ1) is 8.15. The molecule has 0 atom stereocenters. The van der Waals surface area contributed by atoms with Gasteiger partial charge in [0.2, 0.25) is 11.2 Å². The first kappa shape index (κ1) is 11.6. The maximum Gasteiger partial charge on any atom is 0.322 e. The summed E-state index contributed by atoms with van der Waals surface area (Å²) < 4.78 is 30.0. The molecular formula is C8H6ClF2N5O. The van der Waals surface area contributed by atoms with Gasteiger partial charge >= 0.3 is 6.01 Å². The van der Waals surface area contributed by atoms with Gasteiger partial charge in [0.1, 0.15) is 6.33 Å². The lowest BCUT2D eigenvalue weighted by Crippen LogP contribution is -2.11. The summed E-state index contributed by atoms with van der Waals surface area (Å²) in [6.07, 6.45) is 1.91. The van der Waals surface area contributed by atoms with E-state index in [1.54, 1.807) is 6.20 Å². The van der Waals surface area contributed by atoms with Crippen LogP contribution >= 0.6 is 11.6 Å². The Morgan fingerprint density at radius 1 is 1.35 bits per heavy atom. The normalized spacial score (nSPS) is 10.8. The van der Waals surface area contributed by atoms with Crippen LogP contribution in [0, 0.1) is 0 Å². The van der Waals surface area contributed by atoms with E-state index in [1.807, 2.05) is 0 Å². The molecule has 0 saturated carbocycles. The van der Waals surface area contributed by atoms with Crippen LogP contribution < -0.4 is 4.74 Å². The van der Waals surface area contributed by atoms with Crippen LogP contribution in [-0.2, 0) is 0 Å². The zero-order valence-electron chi connectivity index (χ0n) is 8.29. The number of halogens is 3. The van der Waals surface area contributed by atoms with Gasteiger partial charge in [0.05, 0.1) is 0 Å². The summed E-state index contributed by atoms with van der Waals surface area (Å²) in [4.78, 5) is 15.0. The van der Waals surface area contributed by atoms with E-state index in [9.17, 15) is 8.78 Å². The van der Waals surface area contributed by atoms with E-state index in [1.165, 1.54) is 17.1 Å². The highest BCUT2D eigenvalue weighted by Gasteiger charge is 2.10. The average Bonchev–Trinajstić information content (AvgIpc) is 2.79. The monoisotopic (exact) mass is 261 g/mol. The van der Waals surface area contributed by atoms with Gasteiger partial charge in [-0.3, -0.25) is 4.57 Å². The topological polar surface area (TPSA) is 65.7 Å². The van der Waals surface area contributed by atoms with Gasteiger partial charge in [-0.15, -0.1) is 0 Å². The molecule has 0 unspecified atom stereocenters. The highest BCUT2D eigenvalue weighted by molar-refractivity contribution is 6.28. The van der Waals surface area contributed by atoms with Crippen LogP contribution in [0.5, 0.6) is 6.01 Å². The molecule has 9 heteroatoms. The molecule has 0 N–H and O–H groups in total. The number of imidazole rings is 1. The molecule has 0 bridgehead atoms. The third-order valence-corrected chi connectivity index (χ3v) is 1.82. The van der Waals surface area contributed by atoms with Crippen molar-refractivity contribution >= 4 is 11.6 Å². The number of alkyl halides is 2. The Labute approximate surface area is 99.3 Å². The Morgan fingerprint density at radius 2 is 2.18 bits per heavy atom. The Kier molecular flexibility index (Phi) is 3.43. The van der Waals surface area contributed by atoms with Gasteiger partial charge in [-0.1, -0.05) is 0 Å². The Balaban J connectivity index is 2.24. The van der Waals surface area contributed by atoms with Crippen LogP contribution in [0.4, 0.5) is 8.78 Å². The zero-order chi connectivity index (χ0) is 12.3. The van der Waals surface area contributed by atoms with Crippen LogP contribution in [0.3, 0.4) is 0 Å². The lowest BCUT2D eigenvalue weighted by molar-refractivity contribution is 0.0768. The summed E-state index contributed by atoms with van der Waals surface area (Å²) in [5, 5.41) is -0.145. The van der Waals surface area contributed by atoms with Crippen LogP contribution in [0.1, 0.15) is 0 Å². The third-order valence-electron chi connectivity index (χ3n) is 1.65. The Bertz CT molecular complexity index is 493. The lowest BCUT2D eigenvalue weighted by Gasteiger charge is -2.05. The van der Waals surface area contributed by atoms with E-state index in [0.29, 0.717) is 0 Å². The van der Waals surface area contributed by atoms with E-state index in [-0.39, 0.29) is 17.2 Å². The number of hydrogen-bond acceptors (Lipinski definition) is 5. The minimum absolute atomic E-state index is 0.145. The quantitative estimate of drug-likeness (QED) is 0.831. The number of nitrogens with zero attached hydrogens (tertiary/aromatic N) is 5. The molecular weight excluding hydrogens is 256 g/mol. The number of ether oxygens (including phenoxy) is 1. The van der Waals surface area contributed by atoms with Crippen molar-refractivity contribution in [1.29, 1.82) is 0 Å². The lowest BCUT2D eigenvalue weighted by atomic mass is 10.7. The van der Waals surface area contributed by atoms with Crippen molar-refractivity contribution in [2.24, 2.45) is 0 Å². The van der Waals surface area contributed by atoms with Crippen LogP contribution in [0.25, 0.3) is 5.95 Å². The molecule has 0 radical (unpaired) electrons. The first-order valence-corrected chi connectivity index (χ1v) is 4.84. The molecule has 2 aromatic heterocycles. The molecule has 2 aromatic rings. The van der Waals surface area contributed by atoms with Crippen molar-refractivity contribution in [1.82, 2.24) is 24.5 Å². The van der Waals surface area contributed by atoms with Crippen molar-refractivity contribution in [2.75, 3.05) is 6.61 Å². The van der Waals surface area contributed by atoms with Crippen molar-refractivity contribution in [3.63, 3.8) is 0 Å². The summed E-state index contributed by atoms with van der Waals surface area (Å²) in [7, 11) is 0. The Morgan fingerprint density at radius 3 is 2.82 bits per heavy atom. The van der Waals surface area contributed by atoms with Gasteiger partial charge in [0.15, 0.2) is 6.61 Å². The summed E-state index contributed by atoms with van der Waals surface area (Å²) in [5.74, 6) is 0.145. The molecule has 0 aromatic carbocycles. The molecule has 90 valence electrons. The van der Waals surface area contributed by atoms with Gasteiger partial charge < -0.3 is 4.74 Å². The molecule has 6 nitrogen and oxygen atoms in total. The summed E-state index contributed by atoms with van der Waals surface area (Å²) >= 11 is 5.62. The second-order valence-corrected chi connectivity index (χ2v) is 3.20. The molecule has 17 heavy (non-hydrogen) atoms. The molecule has 0 aliphatic rings. The average molecular weight is 262 g/mol. The molecule has 0 amide bonds. The Hall–Kier alpha value is -1.83. The summed E-state index contributed by atoms with van der Waals surface area (Å²) in [6.45, 7) is -0.802. The maximum atomic E-state index is 12.0. The second-order valence-electron chi connectivity index (χ2n) is 2.86. The van der Waals surface area contributed by atoms with Crippen molar-refractivity contribution in [3.05, 3.63) is 24.0 Å². The fraction of sp³-hybridized carbons (Fsp3) is 0.250. The van der Waals surface area contributed by atoms with Crippen LogP contribution in [-0.4, -0.2) is 37.5 Å². The van der Waals surface area contributed by atoms with Crippen molar-refractivity contribution in [3.8, 4) is 12.0 Å².